The summed E-state index contributed by atoms with van der Waals surface area (Å²) in [5, 5.41) is 0. The number of benzene rings is 5. The summed E-state index contributed by atoms with van der Waals surface area (Å²) in [6.45, 7) is 0. The molecule has 5 aromatic carbocycles. The Balaban J connectivity index is 1.20. The number of aromatic nitrogens is 4. The van der Waals surface area contributed by atoms with E-state index in [1.807, 2.05) is 48.8 Å². The van der Waals surface area contributed by atoms with Gasteiger partial charge in [0, 0.05) is 40.8 Å². The molecule has 0 atom stereocenters. The Morgan fingerprint density at radius 2 is 1.00 bits per heavy atom. The Kier molecular flexibility index (Phi) is 6.68. The van der Waals surface area contributed by atoms with Crippen molar-refractivity contribution in [2.45, 2.75) is 5.41 Å². The van der Waals surface area contributed by atoms with Crippen molar-refractivity contribution in [3.8, 4) is 56.3 Å². The smallest absolute Gasteiger partial charge is 0.160 e. The first-order valence-electron chi connectivity index (χ1n) is 17.2. The largest absolute Gasteiger partial charge is 0.264 e. The molecule has 10 rings (SSSR count). The number of hydrogen-bond donors (Lipinski definition) is 0. The van der Waals surface area contributed by atoms with E-state index in [0.717, 1.165) is 39.3 Å². The molecular formula is C47H30N4. The minimum Gasteiger partial charge on any atom is -0.264 e. The van der Waals surface area contributed by atoms with Crippen LogP contribution >= 0.6 is 0 Å². The second-order valence-corrected chi connectivity index (χ2v) is 13.1. The minimum atomic E-state index is -0.511. The van der Waals surface area contributed by atoms with Crippen LogP contribution in [-0.2, 0) is 5.41 Å². The van der Waals surface area contributed by atoms with Crippen molar-refractivity contribution in [3.63, 3.8) is 0 Å². The van der Waals surface area contributed by atoms with E-state index < -0.39 is 5.41 Å². The van der Waals surface area contributed by atoms with Gasteiger partial charge in [0.2, 0.25) is 0 Å². The van der Waals surface area contributed by atoms with Crippen molar-refractivity contribution in [1.82, 2.24) is 19.9 Å². The van der Waals surface area contributed by atoms with Crippen LogP contribution in [0.5, 0.6) is 0 Å². The Bertz CT molecular complexity index is 2580. The molecule has 0 saturated heterocycles. The third-order valence-corrected chi connectivity index (χ3v) is 10.3. The molecule has 8 aromatic rings. The summed E-state index contributed by atoms with van der Waals surface area (Å²) in [5.74, 6) is 0.673. The predicted octanol–water partition coefficient (Wildman–Crippen LogP) is 10.8. The first-order valence-corrected chi connectivity index (χ1v) is 17.2. The molecule has 0 radical (unpaired) electrons. The van der Waals surface area contributed by atoms with Gasteiger partial charge in [-0.25, -0.2) is 9.97 Å². The van der Waals surface area contributed by atoms with Gasteiger partial charge in [-0.15, -0.1) is 0 Å². The van der Waals surface area contributed by atoms with Crippen LogP contribution in [0.4, 0.5) is 0 Å². The zero-order chi connectivity index (χ0) is 33.8. The quantitative estimate of drug-likeness (QED) is 0.190. The topological polar surface area (TPSA) is 51.6 Å². The highest BCUT2D eigenvalue weighted by Crippen LogP contribution is 2.59. The van der Waals surface area contributed by atoms with Gasteiger partial charge in [0.15, 0.2) is 5.82 Å². The zero-order valence-electron chi connectivity index (χ0n) is 27.6. The normalized spacial score (nSPS) is 13.2. The highest BCUT2D eigenvalue weighted by molar-refractivity contribution is 5.92. The lowest BCUT2D eigenvalue weighted by Crippen LogP contribution is -2.30. The van der Waals surface area contributed by atoms with Crippen LogP contribution in [0.15, 0.2) is 170 Å². The maximum absolute atomic E-state index is 5.23. The molecule has 0 amide bonds. The first kappa shape index (κ1) is 29.2. The van der Waals surface area contributed by atoms with Crippen LogP contribution < -0.4 is 0 Å². The summed E-state index contributed by atoms with van der Waals surface area (Å²) in [4.78, 5) is 19.4. The van der Waals surface area contributed by atoms with Crippen LogP contribution in [0.3, 0.4) is 0 Å². The molecule has 0 bridgehead atoms. The van der Waals surface area contributed by atoms with E-state index in [-0.39, 0.29) is 0 Å². The molecule has 51 heavy (non-hydrogen) atoms. The summed E-state index contributed by atoms with van der Waals surface area (Å²) in [6, 6.07) is 53.8. The number of pyridine rings is 2. The van der Waals surface area contributed by atoms with Crippen LogP contribution in [-0.4, -0.2) is 19.9 Å². The molecule has 0 N–H and O–H groups in total. The summed E-state index contributed by atoms with van der Waals surface area (Å²) in [6.07, 6.45) is 10.0. The van der Waals surface area contributed by atoms with Crippen molar-refractivity contribution >= 4 is 12.2 Å². The Labute approximate surface area is 296 Å². The molecule has 4 heteroatoms. The van der Waals surface area contributed by atoms with Gasteiger partial charge in [-0.05, 0) is 80.9 Å². The second kappa shape index (κ2) is 11.7. The molecule has 4 nitrogen and oxygen atoms in total. The molecule has 0 unspecified atom stereocenters. The highest BCUT2D eigenvalue weighted by Gasteiger charge is 2.48. The number of rotatable bonds is 4. The molecule has 2 aliphatic rings. The number of hydrogen-bond acceptors (Lipinski definition) is 4. The molecule has 0 fully saturated rings. The predicted molar refractivity (Wildman–Crippen MR) is 206 cm³/mol. The third-order valence-electron chi connectivity index (χ3n) is 10.3. The Morgan fingerprint density at radius 3 is 1.71 bits per heavy atom. The summed E-state index contributed by atoms with van der Waals surface area (Å²) in [7, 11) is 0. The van der Waals surface area contributed by atoms with Crippen LogP contribution in [0.1, 0.15) is 33.4 Å². The Hall–Kier alpha value is -6.78. The fourth-order valence-corrected chi connectivity index (χ4v) is 8.00. The summed E-state index contributed by atoms with van der Waals surface area (Å²) >= 11 is 0. The monoisotopic (exact) mass is 650 g/mol. The average molecular weight is 651 g/mol. The van der Waals surface area contributed by atoms with E-state index in [9.17, 15) is 0 Å². The molecule has 1 spiro atoms. The lowest BCUT2D eigenvalue weighted by atomic mass is 9.66. The van der Waals surface area contributed by atoms with Gasteiger partial charge >= 0.3 is 0 Å². The zero-order valence-corrected chi connectivity index (χ0v) is 27.6. The van der Waals surface area contributed by atoms with E-state index in [2.05, 4.69) is 132 Å². The first-order chi connectivity index (χ1) is 25.3. The molecule has 3 heterocycles. The van der Waals surface area contributed by atoms with Gasteiger partial charge in [0.05, 0.1) is 22.5 Å². The van der Waals surface area contributed by atoms with Crippen molar-refractivity contribution < 1.29 is 0 Å². The van der Waals surface area contributed by atoms with Crippen molar-refractivity contribution in [1.29, 1.82) is 0 Å². The minimum absolute atomic E-state index is 0.511. The number of fused-ring (bicyclic) bond motifs is 9. The molecule has 0 saturated carbocycles. The average Bonchev–Trinajstić information content (AvgIpc) is 3.41. The lowest BCUT2D eigenvalue weighted by molar-refractivity contribution is 0.766. The van der Waals surface area contributed by atoms with Gasteiger partial charge < -0.3 is 0 Å². The van der Waals surface area contributed by atoms with Crippen LogP contribution in [0.2, 0.25) is 0 Å². The van der Waals surface area contributed by atoms with E-state index >= 15 is 0 Å². The maximum atomic E-state index is 5.23. The van der Waals surface area contributed by atoms with E-state index in [1.165, 1.54) is 44.5 Å². The van der Waals surface area contributed by atoms with Gasteiger partial charge in [-0.2, -0.15) is 0 Å². The lowest BCUT2D eigenvalue weighted by Gasteiger charge is -2.35. The number of nitrogens with zero attached hydrogens (tertiary/aromatic N) is 4. The van der Waals surface area contributed by atoms with Crippen molar-refractivity contribution in [2.75, 3.05) is 0 Å². The van der Waals surface area contributed by atoms with Gasteiger partial charge in [0.25, 0.3) is 0 Å². The van der Waals surface area contributed by atoms with E-state index in [4.69, 9.17) is 15.0 Å². The molecule has 2 aliphatic carbocycles. The highest BCUT2D eigenvalue weighted by atomic mass is 14.9. The summed E-state index contributed by atoms with van der Waals surface area (Å²) in [5.41, 5.74) is 16.0. The Morgan fingerprint density at radius 1 is 0.392 bits per heavy atom. The molecule has 3 aromatic heterocycles. The summed E-state index contributed by atoms with van der Waals surface area (Å²) < 4.78 is 0. The SMILES string of the molecule is C1=Cc2ccccc2C2(c3ccccc31)c1ccccc1-c1ccc(-c3cc(-c4ccc(-c5cccnc5)nc4)nc(-c4ccccc4)n3)cc12. The van der Waals surface area contributed by atoms with E-state index in [1.54, 1.807) is 6.20 Å². The van der Waals surface area contributed by atoms with E-state index in [0.29, 0.717) is 5.82 Å². The molecule has 0 aliphatic heterocycles. The van der Waals surface area contributed by atoms with Crippen molar-refractivity contribution in [2.24, 2.45) is 0 Å². The fraction of sp³-hybridized carbons (Fsp3) is 0.0213. The molecular weight excluding hydrogens is 621 g/mol. The third kappa shape index (κ3) is 4.61. The fourth-order valence-electron chi connectivity index (χ4n) is 8.00. The van der Waals surface area contributed by atoms with Crippen LogP contribution in [0, 0.1) is 0 Å². The maximum Gasteiger partial charge on any atom is 0.160 e. The standard InChI is InChI=1S/C47H30N4/c1-2-13-33(14-3-1)46-50-44(28-45(51-46)36-23-25-43(49-30-36)35-15-10-26-48-29-35)34-22-24-38-37-16-6-9-19-41(37)47(42(38)27-34)39-17-7-4-11-31(39)20-21-32-12-5-8-18-40(32)47/h1-30H. The van der Waals surface area contributed by atoms with Crippen LogP contribution in [0.25, 0.3) is 68.4 Å². The van der Waals surface area contributed by atoms with Gasteiger partial charge in [0.1, 0.15) is 0 Å². The van der Waals surface area contributed by atoms with Gasteiger partial charge in [-0.1, -0.05) is 127 Å². The van der Waals surface area contributed by atoms with Gasteiger partial charge in [-0.3, -0.25) is 9.97 Å². The van der Waals surface area contributed by atoms with Crippen molar-refractivity contribution in [3.05, 3.63) is 204 Å². The second-order valence-electron chi connectivity index (χ2n) is 13.1. The molecule has 238 valence electrons.